The van der Waals surface area contributed by atoms with E-state index in [1.54, 1.807) is 0 Å². The Morgan fingerprint density at radius 3 is 2.89 bits per heavy atom. The van der Waals surface area contributed by atoms with Gasteiger partial charge in [-0.1, -0.05) is 0 Å². The van der Waals surface area contributed by atoms with Gasteiger partial charge in [-0.25, -0.2) is 0 Å². The number of rotatable bonds is 0. The first kappa shape index (κ1) is 5.72. The quantitative estimate of drug-likeness (QED) is 0.474. The first-order valence-corrected chi connectivity index (χ1v) is 4.06. The van der Waals surface area contributed by atoms with Crippen LogP contribution in [0.1, 0.15) is 25.7 Å². The van der Waals surface area contributed by atoms with Gasteiger partial charge in [0.05, 0.1) is 0 Å². The summed E-state index contributed by atoms with van der Waals surface area (Å²) in [4.78, 5) is 2.53. The molecule has 0 radical (unpaired) electrons. The molecule has 9 heavy (non-hydrogen) atoms. The van der Waals surface area contributed by atoms with Gasteiger partial charge in [0, 0.05) is 6.04 Å². The molecular weight excluding hydrogens is 110 g/mol. The van der Waals surface area contributed by atoms with Crippen molar-refractivity contribution in [2.75, 3.05) is 13.6 Å². The zero-order valence-electron chi connectivity index (χ0n) is 6.14. The lowest BCUT2D eigenvalue weighted by atomic mass is 10.00. The zero-order valence-corrected chi connectivity index (χ0v) is 6.14. The van der Waals surface area contributed by atoms with Crippen LogP contribution in [-0.4, -0.2) is 24.5 Å². The standard InChI is InChI=1S/C8H15N/c1-9-5-4-7-2-3-8(9)6-7/h7-8H,2-6H2,1H3. The average molecular weight is 125 g/mol. The Hall–Kier alpha value is -0.0400. The molecule has 2 aliphatic rings. The van der Waals surface area contributed by atoms with Crippen molar-refractivity contribution in [3.05, 3.63) is 0 Å². The summed E-state index contributed by atoms with van der Waals surface area (Å²) in [6.07, 6.45) is 5.94. The third-order valence-electron chi connectivity index (χ3n) is 3.03. The van der Waals surface area contributed by atoms with Gasteiger partial charge in [0.25, 0.3) is 0 Å². The highest BCUT2D eigenvalue weighted by atomic mass is 15.1. The van der Waals surface area contributed by atoms with Crippen molar-refractivity contribution in [1.29, 1.82) is 0 Å². The molecule has 1 saturated heterocycles. The number of nitrogens with zero attached hydrogens (tertiary/aromatic N) is 1. The molecule has 2 rings (SSSR count). The molecule has 2 atom stereocenters. The molecular formula is C8H15N. The van der Waals surface area contributed by atoms with Gasteiger partial charge in [-0.2, -0.15) is 0 Å². The van der Waals surface area contributed by atoms with Crippen molar-refractivity contribution in [2.24, 2.45) is 5.92 Å². The van der Waals surface area contributed by atoms with E-state index in [0.717, 1.165) is 12.0 Å². The van der Waals surface area contributed by atoms with Gasteiger partial charge in [0.15, 0.2) is 0 Å². The van der Waals surface area contributed by atoms with Crippen molar-refractivity contribution in [2.45, 2.75) is 31.7 Å². The molecule has 0 aromatic carbocycles. The lowest BCUT2D eigenvalue weighted by Crippen LogP contribution is -2.34. The summed E-state index contributed by atoms with van der Waals surface area (Å²) in [5.74, 6) is 1.10. The van der Waals surface area contributed by atoms with Gasteiger partial charge in [-0.05, 0) is 45.2 Å². The molecule has 2 unspecified atom stereocenters. The van der Waals surface area contributed by atoms with E-state index in [4.69, 9.17) is 0 Å². The first-order valence-electron chi connectivity index (χ1n) is 4.06. The molecule has 0 N–H and O–H groups in total. The Bertz CT molecular complexity index is 111. The monoisotopic (exact) mass is 125 g/mol. The highest BCUT2D eigenvalue weighted by molar-refractivity contribution is 4.86. The van der Waals surface area contributed by atoms with Crippen LogP contribution in [0.25, 0.3) is 0 Å². The molecule has 1 aliphatic carbocycles. The summed E-state index contributed by atoms with van der Waals surface area (Å²) in [7, 11) is 2.27. The molecule has 1 nitrogen and oxygen atoms in total. The zero-order chi connectivity index (χ0) is 6.27. The van der Waals surface area contributed by atoms with Crippen molar-refractivity contribution in [1.82, 2.24) is 4.90 Å². The van der Waals surface area contributed by atoms with Crippen LogP contribution < -0.4 is 0 Å². The fourth-order valence-electron chi connectivity index (χ4n) is 2.28. The third kappa shape index (κ3) is 0.877. The van der Waals surface area contributed by atoms with Crippen LogP contribution in [0.5, 0.6) is 0 Å². The molecule has 1 heteroatoms. The second-order valence-corrected chi connectivity index (χ2v) is 3.60. The summed E-state index contributed by atoms with van der Waals surface area (Å²) in [6.45, 7) is 1.36. The van der Waals surface area contributed by atoms with E-state index in [1.807, 2.05) is 0 Å². The van der Waals surface area contributed by atoms with Crippen molar-refractivity contribution in [3.63, 3.8) is 0 Å². The molecule has 0 amide bonds. The number of hydrogen-bond donors (Lipinski definition) is 0. The van der Waals surface area contributed by atoms with E-state index in [0.29, 0.717) is 0 Å². The minimum absolute atomic E-state index is 0.962. The second kappa shape index (κ2) is 1.98. The first-order chi connectivity index (χ1) is 4.36. The van der Waals surface area contributed by atoms with E-state index >= 15 is 0 Å². The molecule has 0 aromatic rings. The maximum Gasteiger partial charge on any atom is 0.00949 e. The fourth-order valence-corrected chi connectivity index (χ4v) is 2.28. The smallest absolute Gasteiger partial charge is 0.00949 e. The van der Waals surface area contributed by atoms with Crippen LogP contribution in [0, 0.1) is 5.92 Å². The molecule has 1 heterocycles. The van der Waals surface area contributed by atoms with Gasteiger partial charge in [-0.3, -0.25) is 0 Å². The molecule has 1 aliphatic heterocycles. The van der Waals surface area contributed by atoms with E-state index < -0.39 is 0 Å². The Morgan fingerprint density at radius 1 is 1.22 bits per heavy atom. The molecule has 1 saturated carbocycles. The lowest BCUT2D eigenvalue weighted by molar-refractivity contribution is 0.193. The average Bonchev–Trinajstić information content (AvgIpc) is 2.25. The predicted octanol–water partition coefficient (Wildman–Crippen LogP) is 1.49. The molecule has 0 spiro atoms. The minimum atomic E-state index is 0.962. The summed E-state index contributed by atoms with van der Waals surface area (Å²) < 4.78 is 0. The van der Waals surface area contributed by atoms with Crippen LogP contribution in [0.3, 0.4) is 0 Å². The van der Waals surface area contributed by atoms with Gasteiger partial charge in [0.2, 0.25) is 0 Å². The van der Waals surface area contributed by atoms with Gasteiger partial charge < -0.3 is 4.90 Å². The van der Waals surface area contributed by atoms with Gasteiger partial charge in [-0.15, -0.1) is 0 Å². The molecule has 52 valence electrons. The SMILES string of the molecule is CN1CCC2CCC1C2. The van der Waals surface area contributed by atoms with Crippen LogP contribution in [0.4, 0.5) is 0 Å². The highest BCUT2D eigenvalue weighted by Crippen LogP contribution is 2.35. The fraction of sp³-hybridized carbons (Fsp3) is 1.00. The van der Waals surface area contributed by atoms with Crippen LogP contribution >= 0.6 is 0 Å². The number of piperidine rings is 1. The maximum absolute atomic E-state index is 2.53. The number of hydrogen-bond acceptors (Lipinski definition) is 1. The summed E-state index contributed by atoms with van der Waals surface area (Å²) >= 11 is 0. The maximum atomic E-state index is 2.53. The van der Waals surface area contributed by atoms with Crippen molar-refractivity contribution < 1.29 is 0 Å². The van der Waals surface area contributed by atoms with Crippen molar-refractivity contribution >= 4 is 0 Å². The Morgan fingerprint density at radius 2 is 2.11 bits per heavy atom. The lowest BCUT2D eigenvalue weighted by Gasteiger charge is -2.29. The second-order valence-electron chi connectivity index (χ2n) is 3.60. The van der Waals surface area contributed by atoms with Crippen LogP contribution in [-0.2, 0) is 0 Å². The van der Waals surface area contributed by atoms with Gasteiger partial charge >= 0.3 is 0 Å². The summed E-state index contributed by atoms with van der Waals surface area (Å²) in [5.41, 5.74) is 0. The molecule has 2 fully saturated rings. The molecule has 2 bridgehead atoms. The number of fused-ring (bicyclic) bond motifs is 2. The van der Waals surface area contributed by atoms with E-state index in [9.17, 15) is 0 Å². The van der Waals surface area contributed by atoms with E-state index in [2.05, 4.69) is 11.9 Å². The summed E-state index contributed by atoms with van der Waals surface area (Å²) in [5, 5.41) is 0. The minimum Gasteiger partial charge on any atom is -0.303 e. The topological polar surface area (TPSA) is 3.24 Å². The Kier molecular flexibility index (Phi) is 1.26. The highest BCUT2D eigenvalue weighted by Gasteiger charge is 2.31. The van der Waals surface area contributed by atoms with E-state index in [-0.39, 0.29) is 0 Å². The Balaban J connectivity index is 2.05. The number of likely N-dealkylation sites (tertiary alicyclic amines) is 1. The normalized spacial score (nSPS) is 43.7. The van der Waals surface area contributed by atoms with Gasteiger partial charge in [0.1, 0.15) is 0 Å². The molecule has 0 aromatic heterocycles. The van der Waals surface area contributed by atoms with Crippen LogP contribution in [0.15, 0.2) is 0 Å². The van der Waals surface area contributed by atoms with Crippen molar-refractivity contribution in [3.8, 4) is 0 Å². The largest absolute Gasteiger partial charge is 0.303 e. The summed E-state index contributed by atoms with van der Waals surface area (Å²) in [6, 6.07) is 0.962. The van der Waals surface area contributed by atoms with E-state index in [1.165, 1.54) is 32.2 Å². The predicted molar refractivity (Wildman–Crippen MR) is 38.4 cm³/mol. The third-order valence-corrected chi connectivity index (χ3v) is 3.03. The Labute approximate surface area is 57.0 Å². The van der Waals surface area contributed by atoms with Crippen LogP contribution in [0.2, 0.25) is 0 Å².